The van der Waals surface area contributed by atoms with E-state index in [4.69, 9.17) is 21.2 Å². The third kappa shape index (κ3) is 18.7. The summed E-state index contributed by atoms with van der Waals surface area (Å²) < 4.78 is 11.9. The van der Waals surface area contributed by atoms with Crippen molar-refractivity contribution >= 4 is 24.3 Å². The largest absolute Gasteiger partial charge is 0.464 e. The van der Waals surface area contributed by atoms with E-state index in [1.807, 2.05) is 103 Å². The lowest BCUT2D eigenvalue weighted by atomic mass is 9.97. The van der Waals surface area contributed by atoms with Crippen LogP contribution in [0.2, 0.25) is 0 Å². The number of anilines is 1. The van der Waals surface area contributed by atoms with Crippen LogP contribution in [-0.2, 0) is 30.4 Å². The predicted molar refractivity (Wildman–Crippen MR) is 249 cm³/mol. The minimum atomic E-state index is -1.19. The number of nitrogens with two attached hydrogens (primary N) is 2. The predicted octanol–water partition coefficient (Wildman–Crippen LogP) is 9.46. The maximum Gasteiger partial charge on any atom is 0.438 e. The summed E-state index contributed by atoms with van der Waals surface area (Å²) in [5, 5.41) is 3.82. The van der Waals surface area contributed by atoms with E-state index in [9.17, 15) is 9.59 Å². The lowest BCUT2D eigenvalue weighted by Crippen LogP contribution is -2.49. The van der Waals surface area contributed by atoms with Crippen LogP contribution in [-0.4, -0.2) is 45.4 Å². The average Bonchev–Trinajstić information content (AvgIpc) is 3.72. The van der Waals surface area contributed by atoms with E-state index in [-0.39, 0.29) is 5.56 Å². The number of thiol groups is 1. The Morgan fingerprint density at radius 2 is 1.64 bits per heavy atom. The van der Waals surface area contributed by atoms with Gasteiger partial charge in [-0.05, 0) is 54.7 Å². The molecule has 0 saturated heterocycles. The second kappa shape index (κ2) is 29.5. The number of benzene rings is 1. The van der Waals surface area contributed by atoms with Crippen molar-refractivity contribution in [2.24, 2.45) is 11.5 Å². The summed E-state index contributed by atoms with van der Waals surface area (Å²) >= 11 is 3.79. The van der Waals surface area contributed by atoms with Gasteiger partial charge < -0.3 is 9.64 Å². The molecule has 0 fully saturated rings. The van der Waals surface area contributed by atoms with Crippen LogP contribution in [0.3, 0.4) is 0 Å². The SMILES string of the molecule is C=CC/C=C\C=C(\Cc1ccc(Cc2c(CCC)nc(N(C)C)n(C(=C)C=CCC3=C(C)CC(N)(N)O3)c2=O)cc1)Cc1noc(=O)[nH]1.CC.CC.CCC.CCS. The van der Waals surface area contributed by atoms with Crippen molar-refractivity contribution in [2.75, 3.05) is 24.7 Å². The topological polar surface area (TPSA) is 158 Å². The summed E-state index contributed by atoms with van der Waals surface area (Å²) in [4.78, 5) is 35.1. The standard InChI is InChI=1S/C37H47N7O4.C3H8.C2H6S.2C2H6/c1-7-9-10-11-15-29(23-33-41-36(46)48-42-33)21-27-17-19-28(20-18-27)22-30-31(13-8-2)40-35(43(5)6)44(34(30)45)26(4)14-12-16-32-25(3)24-37(38,39)47-32;1-3-2;1-2-3;2*1-2/h7,10-12,14-15,17-20H,1,4,8-9,13,16,21-24,38-39H2,2-3,5-6H3,(H,41,42,46);3H2,1-2H3;3H,2H2,1H3;2*1-2H3/b11-10-,14-12?,29-15-;;;;. The number of ether oxygens (including phenoxy) is 1. The second-order valence-corrected chi connectivity index (χ2v) is 14.0. The first-order valence-electron chi connectivity index (χ1n) is 20.6. The van der Waals surface area contributed by atoms with Crippen LogP contribution < -0.4 is 27.7 Å². The molecule has 58 heavy (non-hydrogen) atoms. The normalized spacial score (nSPS) is 13.0. The van der Waals surface area contributed by atoms with Gasteiger partial charge in [-0.15, -0.1) is 6.58 Å². The molecule has 0 unspecified atom stereocenters. The van der Waals surface area contributed by atoms with Crippen LogP contribution in [0.4, 0.5) is 5.95 Å². The van der Waals surface area contributed by atoms with E-state index in [1.54, 1.807) is 10.6 Å². The Labute approximate surface area is 354 Å². The Hall–Kier alpha value is -4.65. The Kier molecular flexibility index (Phi) is 27.2. The molecule has 3 heterocycles. The molecule has 1 aromatic carbocycles. The van der Waals surface area contributed by atoms with Gasteiger partial charge in [-0.2, -0.15) is 12.6 Å². The molecule has 0 radical (unpaired) electrons. The van der Waals surface area contributed by atoms with Crippen LogP contribution in [0.15, 0.2) is 105 Å². The highest BCUT2D eigenvalue weighted by Crippen LogP contribution is 2.29. The first-order valence-corrected chi connectivity index (χ1v) is 21.2. The van der Waals surface area contributed by atoms with E-state index in [1.165, 1.54) is 6.42 Å². The van der Waals surface area contributed by atoms with Gasteiger partial charge in [0.05, 0.1) is 5.69 Å². The highest BCUT2D eigenvalue weighted by molar-refractivity contribution is 7.80. The maximum atomic E-state index is 14.2. The minimum Gasteiger partial charge on any atom is -0.464 e. The molecule has 0 aliphatic carbocycles. The van der Waals surface area contributed by atoms with E-state index in [2.05, 4.69) is 73.4 Å². The number of allylic oxidation sites excluding steroid dienone is 8. The zero-order valence-corrected chi connectivity index (χ0v) is 38.2. The lowest BCUT2D eigenvalue weighted by Gasteiger charge is -2.21. The molecule has 2 aromatic heterocycles. The van der Waals surface area contributed by atoms with Crippen molar-refractivity contribution in [3.8, 4) is 0 Å². The second-order valence-electron chi connectivity index (χ2n) is 13.3. The van der Waals surface area contributed by atoms with Gasteiger partial charge in [-0.25, -0.2) is 14.3 Å². The van der Waals surface area contributed by atoms with Gasteiger partial charge in [0.1, 0.15) is 5.76 Å². The van der Waals surface area contributed by atoms with Crippen molar-refractivity contribution < 1.29 is 9.26 Å². The fourth-order valence-electron chi connectivity index (χ4n) is 5.58. The first-order chi connectivity index (χ1) is 27.7. The molecule has 0 saturated carbocycles. The molecule has 11 nitrogen and oxygen atoms in total. The average molecular weight is 820 g/mol. The highest BCUT2D eigenvalue weighted by atomic mass is 32.1. The number of hydrogen-bond acceptors (Lipinski definition) is 10. The van der Waals surface area contributed by atoms with E-state index >= 15 is 0 Å². The van der Waals surface area contributed by atoms with Gasteiger partial charge >= 0.3 is 5.76 Å². The van der Waals surface area contributed by atoms with Gasteiger partial charge in [0.2, 0.25) is 11.8 Å². The molecule has 5 N–H and O–H groups in total. The zero-order valence-electron chi connectivity index (χ0n) is 37.3. The Bertz CT molecular complexity index is 1890. The summed E-state index contributed by atoms with van der Waals surface area (Å²) in [6, 6.07) is 8.20. The van der Waals surface area contributed by atoms with Crippen molar-refractivity contribution in [2.45, 2.75) is 126 Å². The molecule has 0 atom stereocenters. The fraction of sp³-hybridized carbons (Fsp3) is 0.478. The monoisotopic (exact) mass is 820 g/mol. The number of aromatic nitrogens is 4. The van der Waals surface area contributed by atoms with Crippen LogP contribution in [0.5, 0.6) is 0 Å². The number of aryl methyl sites for hydroxylation is 1. The molecule has 0 spiro atoms. The molecule has 12 heteroatoms. The minimum absolute atomic E-state index is 0.149. The number of rotatable bonds is 16. The first kappa shape index (κ1) is 53.4. The molecule has 3 aromatic rings. The van der Waals surface area contributed by atoms with Gasteiger partial charge in [-0.3, -0.25) is 25.8 Å². The number of nitrogens with one attached hydrogen (secondary N) is 1. The smallest absolute Gasteiger partial charge is 0.438 e. The van der Waals surface area contributed by atoms with Crippen molar-refractivity contribution in [3.63, 3.8) is 0 Å². The highest BCUT2D eigenvalue weighted by Gasteiger charge is 2.30. The number of hydrogen-bond donors (Lipinski definition) is 4. The molecule has 1 aliphatic rings. The fourth-order valence-corrected chi connectivity index (χ4v) is 5.58. The van der Waals surface area contributed by atoms with Gasteiger partial charge in [-0.1, -0.05) is 140 Å². The van der Waals surface area contributed by atoms with Crippen LogP contribution >= 0.6 is 12.6 Å². The van der Waals surface area contributed by atoms with E-state index in [0.717, 1.165) is 52.3 Å². The van der Waals surface area contributed by atoms with Crippen molar-refractivity contribution in [3.05, 3.63) is 140 Å². The number of H-pyrrole nitrogens is 1. The van der Waals surface area contributed by atoms with Crippen LogP contribution in [0, 0.1) is 0 Å². The van der Waals surface area contributed by atoms with Crippen LogP contribution in [0.1, 0.15) is 123 Å². The molecule has 322 valence electrons. The maximum absolute atomic E-state index is 14.2. The number of nitrogens with zero attached hydrogens (tertiary/aromatic N) is 4. The Balaban J connectivity index is 0.00000297. The summed E-state index contributed by atoms with van der Waals surface area (Å²) in [6.45, 7) is 26.2. The third-order valence-corrected chi connectivity index (χ3v) is 7.85. The van der Waals surface area contributed by atoms with Crippen molar-refractivity contribution in [1.29, 1.82) is 0 Å². The molecular weight excluding hydrogens is 747 g/mol. The zero-order chi connectivity index (χ0) is 44.3. The van der Waals surface area contributed by atoms with Gasteiger partial charge in [0.15, 0.2) is 5.82 Å². The Morgan fingerprint density at radius 3 is 2.14 bits per heavy atom. The molecule has 0 bridgehead atoms. The summed E-state index contributed by atoms with van der Waals surface area (Å²) in [7, 11) is 3.73. The molecule has 4 rings (SSSR count). The number of aromatic amines is 1. The van der Waals surface area contributed by atoms with Crippen molar-refractivity contribution in [1.82, 2.24) is 19.7 Å². The van der Waals surface area contributed by atoms with Crippen LogP contribution in [0.25, 0.3) is 5.70 Å². The van der Waals surface area contributed by atoms with Gasteiger partial charge in [0, 0.05) is 51.0 Å². The quantitative estimate of drug-likeness (QED) is 0.0478. The van der Waals surface area contributed by atoms with E-state index < -0.39 is 11.6 Å². The summed E-state index contributed by atoms with van der Waals surface area (Å²) in [6.07, 6.45) is 17.5. The van der Waals surface area contributed by atoms with Gasteiger partial charge in [0.25, 0.3) is 5.56 Å². The summed E-state index contributed by atoms with van der Waals surface area (Å²) in [5.74, 6) is 0.891. The third-order valence-electron chi connectivity index (χ3n) is 7.85. The molecule has 1 aliphatic heterocycles. The van der Waals surface area contributed by atoms with E-state index in [0.29, 0.717) is 61.6 Å². The summed E-state index contributed by atoms with van der Waals surface area (Å²) in [5.41, 5.74) is 17.8. The molecule has 0 amide bonds. The lowest BCUT2D eigenvalue weighted by molar-refractivity contribution is 0.0359. The Morgan fingerprint density at radius 1 is 1.03 bits per heavy atom. The molecular formula is C46H73N7O4S.